The summed E-state index contributed by atoms with van der Waals surface area (Å²) >= 11 is 1.54. The zero-order valence-electron chi connectivity index (χ0n) is 11.4. The van der Waals surface area contributed by atoms with Gasteiger partial charge in [0.1, 0.15) is 6.54 Å². The van der Waals surface area contributed by atoms with E-state index in [1.165, 1.54) is 11.8 Å². The van der Waals surface area contributed by atoms with Crippen molar-refractivity contribution in [1.29, 1.82) is 0 Å². The van der Waals surface area contributed by atoms with Crippen molar-refractivity contribution in [3.05, 3.63) is 0 Å². The van der Waals surface area contributed by atoms with E-state index < -0.39 is 5.97 Å². The van der Waals surface area contributed by atoms with Gasteiger partial charge in [0.15, 0.2) is 0 Å². The lowest BCUT2D eigenvalue weighted by molar-refractivity contribution is -0.139. The highest BCUT2D eigenvalue weighted by Crippen LogP contribution is 2.22. The lowest BCUT2D eigenvalue weighted by atomic mass is 9.92. The first-order valence-electron chi connectivity index (χ1n) is 6.91. The fourth-order valence-electron chi connectivity index (χ4n) is 2.60. The van der Waals surface area contributed by atoms with Gasteiger partial charge in [-0.2, -0.15) is 0 Å². The Labute approximate surface area is 122 Å². The zero-order valence-corrected chi connectivity index (χ0v) is 12.2. The van der Waals surface area contributed by atoms with E-state index in [9.17, 15) is 14.4 Å². The van der Waals surface area contributed by atoms with E-state index in [0.29, 0.717) is 37.1 Å². The van der Waals surface area contributed by atoms with Gasteiger partial charge in [0.2, 0.25) is 11.8 Å². The number of hydrogen-bond acceptors (Lipinski definition) is 4. The largest absolute Gasteiger partial charge is 0.481 e. The van der Waals surface area contributed by atoms with E-state index in [-0.39, 0.29) is 24.8 Å². The highest BCUT2D eigenvalue weighted by atomic mass is 32.2. The normalized spacial score (nSPS) is 20.5. The van der Waals surface area contributed by atoms with Crippen LogP contribution < -0.4 is 0 Å². The van der Waals surface area contributed by atoms with Gasteiger partial charge >= 0.3 is 5.97 Å². The maximum Gasteiger partial charge on any atom is 0.303 e. The molecule has 2 heterocycles. The molecule has 1 N–H and O–H groups in total. The van der Waals surface area contributed by atoms with Crippen molar-refractivity contribution in [2.24, 2.45) is 5.92 Å². The second-order valence-electron chi connectivity index (χ2n) is 5.33. The van der Waals surface area contributed by atoms with Crippen LogP contribution in [0, 0.1) is 5.92 Å². The maximum atomic E-state index is 12.1. The minimum absolute atomic E-state index is 0.0116. The second kappa shape index (κ2) is 6.97. The van der Waals surface area contributed by atoms with Crippen LogP contribution in [0.1, 0.15) is 25.7 Å². The van der Waals surface area contributed by atoms with Crippen molar-refractivity contribution in [3.63, 3.8) is 0 Å². The summed E-state index contributed by atoms with van der Waals surface area (Å²) < 4.78 is 0. The molecule has 0 unspecified atom stereocenters. The van der Waals surface area contributed by atoms with Gasteiger partial charge in [0.25, 0.3) is 0 Å². The lowest BCUT2D eigenvalue weighted by Crippen LogP contribution is -2.44. The van der Waals surface area contributed by atoms with Crippen LogP contribution in [-0.4, -0.2) is 64.0 Å². The van der Waals surface area contributed by atoms with Crippen LogP contribution in [0.3, 0.4) is 0 Å². The topological polar surface area (TPSA) is 77.9 Å². The summed E-state index contributed by atoms with van der Waals surface area (Å²) in [5, 5.41) is 8.66. The number of carbonyl (C=O) groups is 3. The minimum Gasteiger partial charge on any atom is -0.481 e. The Balaban J connectivity index is 1.71. The maximum absolute atomic E-state index is 12.1. The average molecular weight is 300 g/mol. The molecular formula is C13H20N2O4S. The van der Waals surface area contributed by atoms with Crippen LogP contribution in [0.2, 0.25) is 0 Å². The van der Waals surface area contributed by atoms with Gasteiger partial charge < -0.3 is 14.9 Å². The summed E-state index contributed by atoms with van der Waals surface area (Å²) in [6.07, 6.45) is 2.63. The summed E-state index contributed by atoms with van der Waals surface area (Å²) in [7, 11) is 0. The van der Waals surface area contributed by atoms with Crippen molar-refractivity contribution >= 4 is 29.5 Å². The average Bonchev–Trinajstić information content (AvgIpc) is 2.82. The third kappa shape index (κ3) is 4.13. The standard InChI is InChI=1S/C13H20N2O4S/c16-11(7-15-9-20-8-12(15)17)14-5-3-10(4-6-14)1-2-13(18)19/h10H,1-9H2,(H,18,19). The van der Waals surface area contributed by atoms with Gasteiger partial charge in [-0.3, -0.25) is 14.4 Å². The Morgan fingerprint density at radius 3 is 2.55 bits per heavy atom. The predicted molar refractivity (Wildman–Crippen MR) is 75.2 cm³/mol. The molecule has 0 atom stereocenters. The molecule has 2 rings (SSSR count). The molecule has 0 aromatic rings. The lowest BCUT2D eigenvalue weighted by Gasteiger charge is -2.32. The molecule has 2 amide bonds. The molecule has 2 fully saturated rings. The fourth-order valence-corrected chi connectivity index (χ4v) is 3.51. The van der Waals surface area contributed by atoms with Crippen LogP contribution >= 0.6 is 11.8 Å². The molecular weight excluding hydrogens is 280 g/mol. The van der Waals surface area contributed by atoms with Crippen LogP contribution in [0.5, 0.6) is 0 Å². The van der Waals surface area contributed by atoms with Crippen LogP contribution in [0.15, 0.2) is 0 Å². The first-order chi connectivity index (χ1) is 9.56. The van der Waals surface area contributed by atoms with Gasteiger partial charge in [-0.15, -0.1) is 11.8 Å². The molecule has 0 radical (unpaired) electrons. The van der Waals surface area contributed by atoms with E-state index in [0.717, 1.165) is 12.8 Å². The molecule has 6 nitrogen and oxygen atoms in total. The van der Waals surface area contributed by atoms with E-state index in [2.05, 4.69) is 0 Å². The van der Waals surface area contributed by atoms with Gasteiger partial charge in [-0.25, -0.2) is 0 Å². The van der Waals surface area contributed by atoms with E-state index in [1.54, 1.807) is 9.80 Å². The van der Waals surface area contributed by atoms with Gasteiger partial charge in [-0.1, -0.05) is 0 Å². The Kier molecular flexibility index (Phi) is 5.28. The first-order valence-corrected chi connectivity index (χ1v) is 8.07. The molecule has 20 heavy (non-hydrogen) atoms. The monoisotopic (exact) mass is 300 g/mol. The van der Waals surface area contributed by atoms with E-state index >= 15 is 0 Å². The molecule has 0 aliphatic carbocycles. The molecule has 112 valence electrons. The highest BCUT2D eigenvalue weighted by Gasteiger charge is 2.27. The number of rotatable bonds is 5. The fraction of sp³-hybridized carbons (Fsp3) is 0.769. The number of likely N-dealkylation sites (tertiary alicyclic amines) is 1. The summed E-state index contributed by atoms with van der Waals surface area (Å²) in [5.74, 6) is 0.786. The smallest absolute Gasteiger partial charge is 0.303 e. The molecule has 7 heteroatoms. The Morgan fingerprint density at radius 1 is 1.30 bits per heavy atom. The van der Waals surface area contributed by atoms with Crippen molar-refractivity contribution in [2.45, 2.75) is 25.7 Å². The van der Waals surface area contributed by atoms with Crippen molar-refractivity contribution in [3.8, 4) is 0 Å². The molecule has 2 aliphatic rings. The van der Waals surface area contributed by atoms with Crippen molar-refractivity contribution in [1.82, 2.24) is 9.80 Å². The third-order valence-electron chi connectivity index (χ3n) is 3.89. The number of nitrogens with zero attached hydrogens (tertiary/aromatic N) is 2. The Morgan fingerprint density at radius 2 is 2.00 bits per heavy atom. The summed E-state index contributed by atoms with van der Waals surface area (Å²) in [6, 6.07) is 0. The summed E-state index contributed by atoms with van der Waals surface area (Å²) in [6.45, 7) is 1.54. The number of carbonyl (C=O) groups excluding carboxylic acids is 2. The number of aliphatic carboxylic acids is 1. The summed E-state index contributed by atoms with van der Waals surface area (Å²) in [4.78, 5) is 37.5. The number of amides is 2. The van der Waals surface area contributed by atoms with Crippen LogP contribution in [0.25, 0.3) is 0 Å². The van der Waals surface area contributed by atoms with Crippen molar-refractivity contribution < 1.29 is 19.5 Å². The molecule has 0 aromatic heterocycles. The van der Waals surface area contributed by atoms with Gasteiger partial charge in [-0.05, 0) is 25.2 Å². The number of hydrogen-bond donors (Lipinski definition) is 1. The highest BCUT2D eigenvalue weighted by molar-refractivity contribution is 8.00. The predicted octanol–water partition coefficient (Wildman–Crippen LogP) is 0.623. The minimum atomic E-state index is -0.756. The summed E-state index contributed by atoms with van der Waals surface area (Å²) in [5.41, 5.74) is 0. The number of thioether (sulfide) groups is 1. The van der Waals surface area contributed by atoms with Crippen molar-refractivity contribution in [2.75, 3.05) is 31.3 Å². The quantitative estimate of drug-likeness (QED) is 0.805. The molecule has 2 saturated heterocycles. The second-order valence-corrected chi connectivity index (χ2v) is 6.28. The Bertz CT molecular complexity index is 394. The molecule has 0 saturated carbocycles. The first kappa shape index (κ1) is 15.2. The number of carboxylic acid groups (broad SMARTS) is 1. The number of carboxylic acids is 1. The zero-order chi connectivity index (χ0) is 14.5. The molecule has 0 spiro atoms. The molecule has 0 aromatic carbocycles. The van der Waals surface area contributed by atoms with E-state index in [1.807, 2.05) is 0 Å². The van der Waals surface area contributed by atoms with Gasteiger partial charge in [0.05, 0.1) is 11.6 Å². The Hall–Kier alpha value is -1.24. The van der Waals surface area contributed by atoms with Gasteiger partial charge in [0, 0.05) is 19.5 Å². The number of piperidine rings is 1. The van der Waals surface area contributed by atoms with E-state index in [4.69, 9.17) is 5.11 Å². The molecule has 2 aliphatic heterocycles. The molecule has 0 bridgehead atoms. The SMILES string of the molecule is O=C(O)CCC1CCN(C(=O)CN2CSCC2=O)CC1. The van der Waals surface area contributed by atoms with Crippen LogP contribution in [0.4, 0.5) is 0 Å². The van der Waals surface area contributed by atoms with Crippen LogP contribution in [-0.2, 0) is 14.4 Å². The third-order valence-corrected chi connectivity index (χ3v) is 4.83.